The van der Waals surface area contributed by atoms with Crippen molar-refractivity contribution < 1.29 is 22.7 Å². The molecule has 0 aliphatic heterocycles. The molecule has 7 heteroatoms. The maximum absolute atomic E-state index is 13.1. The van der Waals surface area contributed by atoms with Crippen molar-refractivity contribution in [2.24, 2.45) is 0 Å². The first-order chi connectivity index (χ1) is 12.9. The van der Waals surface area contributed by atoms with Gasteiger partial charge in [-0.25, -0.2) is 4.98 Å². The molecule has 2 aromatic carbocycles. The van der Waals surface area contributed by atoms with Gasteiger partial charge in [0.25, 0.3) is 0 Å². The minimum atomic E-state index is -4.47. The number of alkyl halides is 3. The normalized spacial score (nSPS) is 11.2. The summed E-state index contributed by atoms with van der Waals surface area (Å²) in [7, 11) is 0. The van der Waals surface area contributed by atoms with E-state index < -0.39 is 11.7 Å². The van der Waals surface area contributed by atoms with Crippen LogP contribution in [0, 0.1) is 0 Å². The van der Waals surface area contributed by atoms with Crippen LogP contribution < -0.4 is 10.5 Å². The van der Waals surface area contributed by atoms with Gasteiger partial charge in [-0.05, 0) is 17.7 Å². The Kier molecular flexibility index (Phi) is 5.12. The van der Waals surface area contributed by atoms with E-state index >= 15 is 0 Å². The Bertz CT molecular complexity index is 954. The van der Waals surface area contributed by atoms with Gasteiger partial charge in [0.2, 0.25) is 0 Å². The number of hydrogen-bond acceptors (Lipinski definition) is 4. The van der Waals surface area contributed by atoms with Gasteiger partial charge in [-0.2, -0.15) is 13.2 Å². The molecule has 0 atom stereocenters. The van der Waals surface area contributed by atoms with Gasteiger partial charge in [-0.1, -0.05) is 42.5 Å². The van der Waals surface area contributed by atoms with Crippen molar-refractivity contribution in [1.82, 2.24) is 4.98 Å². The van der Waals surface area contributed by atoms with E-state index in [1.165, 1.54) is 24.4 Å². The number of hydrogen-bond donors (Lipinski definition) is 1. The summed E-state index contributed by atoms with van der Waals surface area (Å²) in [5.74, 6) is 0.261. The van der Waals surface area contributed by atoms with Crippen LogP contribution >= 0.6 is 0 Å². The van der Waals surface area contributed by atoms with E-state index in [1.807, 2.05) is 0 Å². The topological polar surface area (TPSA) is 65.2 Å². The number of benzene rings is 2. The number of nitrogens with zero attached hydrogens (tertiary/aromatic N) is 1. The molecule has 3 rings (SSSR count). The van der Waals surface area contributed by atoms with E-state index in [4.69, 9.17) is 10.5 Å². The smallest absolute Gasteiger partial charge is 0.416 e. The number of rotatable bonds is 5. The molecule has 0 spiro atoms. The molecule has 27 heavy (non-hydrogen) atoms. The summed E-state index contributed by atoms with van der Waals surface area (Å²) >= 11 is 0. The Morgan fingerprint density at radius 2 is 1.74 bits per heavy atom. The molecule has 0 aliphatic carbocycles. The molecule has 0 unspecified atom stereocenters. The third-order valence-electron chi connectivity index (χ3n) is 3.97. The fourth-order valence-electron chi connectivity index (χ4n) is 2.56. The number of carbonyl (C=O) groups excluding carboxylic acids is 1. The van der Waals surface area contributed by atoms with Gasteiger partial charge in [0.05, 0.1) is 5.56 Å². The lowest BCUT2D eigenvalue weighted by Gasteiger charge is -2.14. The minimum Gasteiger partial charge on any atom is -0.485 e. The van der Waals surface area contributed by atoms with Gasteiger partial charge < -0.3 is 10.5 Å². The molecular weight excluding hydrogens is 357 g/mol. The second-order valence-electron chi connectivity index (χ2n) is 5.79. The molecule has 138 valence electrons. The van der Waals surface area contributed by atoms with Crippen molar-refractivity contribution in [3.05, 3.63) is 77.5 Å². The summed E-state index contributed by atoms with van der Waals surface area (Å²) in [6.07, 6.45) is -2.20. The molecule has 0 aliphatic rings. The van der Waals surface area contributed by atoms with Gasteiger partial charge in [0.15, 0.2) is 11.6 Å². The van der Waals surface area contributed by atoms with Gasteiger partial charge >= 0.3 is 6.18 Å². The largest absolute Gasteiger partial charge is 0.485 e. The molecule has 1 heterocycles. The molecular formula is C20H15F3N2O2. The Morgan fingerprint density at radius 3 is 2.41 bits per heavy atom. The highest BCUT2D eigenvalue weighted by Gasteiger charge is 2.33. The lowest BCUT2D eigenvalue weighted by Crippen LogP contribution is -2.11. The predicted octanol–water partition coefficient (Wildman–Crippen LogP) is 4.74. The van der Waals surface area contributed by atoms with E-state index in [2.05, 4.69) is 4.98 Å². The van der Waals surface area contributed by atoms with Crippen molar-refractivity contribution >= 4 is 12.1 Å². The molecule has 2 N–H and O–H groups in total. The van der Waals surface area contributed by atoms with Crippen LogP contribution in [0.25, 0.3) is 11.1 Å². The number of carbonyl (C=O) groups is 1. The van der Waals surface area contributed by atoms with E-state index in [0.29, 0.717) is 11.1 Å². The number of nitrogens with two attached hydrogens (primary N) is 1. The first-order valence-electron chi connectivity index (χ1n) is 7.97. The zero-order valence-electron chi connectivity index (χ0n) is 14.0. The standard InChI is InChI=1S/C20H15F3N2O2/c21-20(22,23)17-4-2-1-3-15(17)12-27-18-9-16(10-25-19(18)24)14-7-5-13(11-26)6-8-14/h1-11H,12H2,(H2,24,25). The molecule has 0 fully saturated rings. The van der Waals surface area contributed by atoms with Crippen LogP contribution in [0.1, 0.15) is 21.5 Å². The highest BCUT2D eigenvalue weighted by molar-refractivity contribution is 5.77. The number of aromatic nitrogens is 1. The van der Waals surface area contributed by atoms with Crippen molar-refractivity contribution in [3.63, 3.8) is 0 Å². The fraction of sp³-hybridized carbons (Fsp3) is 0.100. The lowest BCUT2D eigenvalue weighted by molar-refractivity contribution is -0.138. The zero-order valence-corrected chi connectivity index (χ0v) is 14.0. The van der Waals surface area contributed by atoms with Crippen molar-refractivity contribution in [3.8, 4) is 16.9 Å². The van der Waals surface area contributed by atoms with Crippen molar-refractivity contribution in [2.75, 3.05) is 5.73 Å². The highest BCUT2D eigenvalue weighted by Crippen LogP contribution is 2.33. The third kappa shape index (κ3) is 4.25. The van der Waals surface area contributed by atoms with E-state index in [9.17, 15) is 18.0 Å². The molecule has 1 aromatic heterocycles. The first-order valence-corrected chi connectivity index (χ1v) is 7.97. The molecule has 0 saturated heterocycles. The van der Waals surface area contributed by atoms with Gasteiger partial charge in [0, 0.05) is 22.9 Å². The van der Waals surface area contributed by atoms with Crippen LogP contribution in [0.4, 0.5) is 19.0 Å². The summed E-state index contributed by atoms with van der Waals surface area (Å²) in [6, 6.07) is 13.6. The van der Waals surface area contributed by atoms with Crippen molar-refractivity contribution in [1.29, 1.82) is 0 Å². The second-order valence-corrected chi connectivity index (χ2v) is 5.79. The summed E-state index contributed by atoms with van der Waals surface area (Å²) in [6.45, 7) is -0.297. The van der Waals surface area contributed by atoms with Gasteiger partial charge in [-0.3, -0.25) is 4.79 Å². The molecule has 0 bridgehead atoms. The number of halogens is 3. The molecule has 0 saturated carbocycles. The zero-order chi connectivity index (χ0) is 19.4. The maximum Gasteiger partial charge on any atom is 0.416 e. The summed E-state index contributed by atoms with van der Waals surface area (Å²) < 4.78 is 44.8. The predicted molar refractivity (Wildman–Crippen MR) is 95.2 cm³/mol. The van der Waals surface area contributed by atoms with Crippen LogP contribution in [0.2, 0.25) is 0 Å². The van der Waals surface area contributed by atoms with Gasteiger partial charge in [-0.15, -0.1) is 0 Å². The van der Waals surface area contributed by atoms with E-state index in [1.54, 1.807) is 30.3 Å². The number of pyridine rings is 1. The minimum absolute atomic E-state index is 0.00476. The summed E-state index contributed by atoms with van der Waals surface area (Å²) in [4.78, 5) is 14.8. The number of ether oxygens (including phenoxy) is 1. The SMILES string of the molecule is Nc1ncc(-c2ccc(C=O)cc2)cc1OCc1ccccc1C(F)(F)F. The number of nitrogen functional groups attached to an aromatic ring is 1. The quantitative estimate of drug-likeness (QED) is 0.657. The highest BCUT2D eigenvalue weighted by atomic mass is 19.4. The van der Waals surface area contributed by atoms with Crippen LogP contribution in [-0.4, -0.2) is 11.3 Å². The van der Waals surface area contributed by atoms with Crippen LogP contribution in [0.15, 0.2) is 60.8 Å². The summed E-state index contributed by atoms with van der Waals surface area (Å²) in [5.41, 5.74) is 7.02. The van der Waals surface area contributed by atoms with Crippen LogP contribution in [0.5, 0.6) is 5.75 Å². The summed E-state index contributed by atoms with van der Waals surface area (Å²) in [5, 5.41) is 0. The van der Waals surface area contributed by atoms with Crippen LogP contribution in [-0.2, 0) is 12.8 Å². The first kappa shape index (κ1) is 18.4. The fourth-order valence-corrected chi connectivity index (χ4v) is 2.56. The molecule has 0 radical (unpaired) electrons. The van der Waals surface area contributed by atoms with Crippen LogP contribution in [0.3, 0.4) is 0 Å². The average Bonchev–Trinajstić information content (AvgIpc) is 2.67. The molecule has 3 aromatic rings. The Hall–Kier alpha value is -3.35. The maximum atomic E-state index is 13.1. The Labute approximate surface area is 153 Å². The molecule has 4 nitrogen and oxygen atoms in total. The number of aldehydes is 1. The van der Waals surface area contributed by atoms with E-state index in [-0.39, 0.29) is 23.7 Å². The van der Waals surface area contributed by atoms with E-state index in [0.717, 1.165) is 17.9 Å². The van der Waals surface area contributed by atoms with Gasteiger partial charge in [0.1, 0.15) is 12.9 Å². The molecule has 0 amide bonds. The Balaban J connectivity index is 1.85. The monoisotopic (exact) mass is 372 g/mol. The Morgan fingerprint density at radius 1 is 1.04 bits per heavy atom. The van der Waals surface area contributed by atoms with Crippen molar-refractivity contribution in [2.45, 2.75) is 12.8 Å². The number of anilines is 1. The second kappa shape index (κ2) is 7.49. The third-order valence-corrected chi connectivity index (χ3v) is 3.97. The average molecular weight is 372 g/mol. The lowest BCUT2D eigenvalue weighted by atomic mass is 10.1.